The molecule has 0 aliphatic carbocycles. The molecule has 74 valence electrons. The lowest BCUT2D eigenvalue weighted by Crippen LogP contribution is -2.42. The van der Waals surface area contributed by atoms with Crippen LogP contribution < -0.4 is 0 Å². The molecule has 0 rings (SSSR count). The van der Waals surface area contributed by atoms with E-state index in [1.165, 1.54) is 0 Å². The van der Waals surface area contributed by atoms with Gasteiger partial charge in [-0.2, -0.15) is 0 Å². The van der Waals surface area contributed by atoms with Crippen molar-refractivity contribution in [1.82, 2.24) is 0 Å². The van der Waals surface area contributed by atoms with Gasteiger partial charge in [0.1, 0.15) is 0 Å². The van der Waals surface area contributed by atoms with Gasteiger partial charge in [0.05, 0.1) is 11.4 Å². The number of hydrogen-bond acceptors (Lipinski definition) is 3. The van der Waals surface area contributed by atoms with Crippen molar-refractivity contribution in [3.63, 3.8) is 0 Å². The molecule has 0 bridgehead atoms. The van der Waals surface area contributed by atoms with Crippen LogP contribution in [0, 0.1) is 0 Å². The molecule has 0 saturated carbocycles. The lowest BCUT2D eigenvalue weighted by Gasteiger charge is -2.28. The number of sulfone groups is 1. The lowest BCUT2D eigenvalue weighted by atomic mass is 10.0. The maximum atomic E-state index is 11.6. The summed E-state index contributed by atoms with van der Waals surface area (Å²) >= 11 is 0. The Bertz CT molecular complexity index is 206. The van der Waals surface area contributed by atoms with Crippen molar-refractivity contribution >= 4 is 9.84 Å². The average Bonchev–Trinajstić information content (AvgIpc) is 2.08. The van der Waals surface area contributed by atoms with E-state index in [-0.39, 0.29) is 12.4 Å². The zero-order chi connectivity index (χ0) is 9.83. The van der Waals surface area contributed by atoms with E-state index in [0.717, 1.165) is 0 Å². The van der Waals surface area contributed by atoms with E-state index in [1.54, 1.807) is 20.8 Å². The molecule has 0 unspecified atom stereocenters. The molecule has 0 fully saturated rings. The molecule has 0 spiro atoms. The Morgan fingerprint density at radius 2 is 1.58 bits per heavy atom. The van der Waals surface area contributed by atoms with E-state index in [4.69, 9.17) is 5.11 Å². The molecule has 0 amide bonds. The highest BCUT2D eigenvalue weighted by Crippen LogP contribution is 2.25. The van der Waals surface area contributed by atoms with Crippen molar-refractivity contribution < 1.29 is 13.5 Å². The van der Waals surface area contributed by atoms with Crippen LogP contribution in [0.25, 0.3) is 0 Å². The third kappa shape index (κ3) is 1.80. The Kier molecular flexibility index (Phi) is 4.20. The molecule has 0 heterocycles. The van der Waals surface area contributed by atoms with Crippen LogP contribution in [-0.4, -0.2) is 30.6 Å². The fourth-order valence-corrected chi connectivity index (χ4v) is 3.01. The van der Waals surface area contributed by atoms with E-state index in [0.29, 0.717) is 12.8 Å². The molecule has 0 aromatic carbocycles. The summed E-state index contributed by atoms with van der Waals surface area (Å²) in [6.07, 6.45) is 0.965. The number of rotatable bonds is 5. The van der Waals surface area contributed by atoms with Gasteiger partial charge < -0.3 is 5.11 Å². The van der Waals surface area contributed by atoms with Gasteiger partial charge in [-0.25, -0.2) is 8.42 Å². The highest BCUT2D eigenvalue weighted by molar-refractivity contribution is 7.92. The van der Waals surface area contributed by atoms with Gasteiger partial charge in [0, 0.05) is 5.75 Å². The van der Waals surface area contributed by atoms with Crippen molar-refractivity contribution in [2.24, 2.45) is 0 Å². The zero-order valence-corrected chi connectivity index (χ0v) is 8.82. The van der Waals surface area contributed by atoms with Crippen molar-refractivity contribution in [1.29, 1.82) is 0 Å². The lowest BCUT2D eigenvalue weighted by molar-refractivity contribution is 0.232. The van der Waals surface area contributed by atoms with E-state index < -0.39 is 14.6 Å². The van der Waals surface area contributed by atoms with Crippen LogP contribution >= 0.6 is 0 Å². The molecule has 0 aromatic heterocycles. The van der Waals surface area contributed by atoms with Crippen LogP contribution in [0.2, 0.25) is 0 Å². The molecule has 3 nitrogen and oxygen atoms in total. The fraction of sp³-hybridized carbons (Fsp3) is 1.00. The van der Waals surface area contributed by atoms with Gasteiger partial charge in [-0.1, -0.05) is 20.8 Å². The van der Waals surface area contributed by atoms with Gasteiger partial charge >= 0.3 is 0 Å². The van der Waals surface area contributed by atoms with Crippen LogP contribution in [0.1, 0.15) is 33.6 Å². The molecule has 0 aliphatic rings. The second-order valence-corrected chi connectivity index (χ2v) is 5.62. The van der Waals surface area contributed by atoms with Crippen molar-refractivity contribution in [3.8, 4) is 0 Å². The molecular weight excluding hydrogens is 176 g/mol. The van der Waals surface area contributed by atoms with Crippen molar-refractivity contribution in [3.05, 3.63) is 0 Å². The minimum Gasteiger partial charge on any atom is -0.395 e. The summed E-state index contributed by atoms with van der Waals surface area (Å²) in [4.78, 5) is 0. The minimum atomic E-state index is -3.12. The quantitative estimate of drug-likeness (QED) is 0.709. The first-order valence-electron chi connectivity index (χ1n) is 4.32. The smallest absolute Gasteiger partial charge is 0.157 e. The predicted octanol–water partition coefficient (Wildman–Crippen LogP) is 0.972. The number of aliphatic hydroxyl groups excluding tert-OH is 1. The third-order valence-corrected chi connectivity index (χ3v) is 5.40. The van der Waals surface area contributed by atoms with E-state index >= 15 is 0 Å². The Morgan fingerprint density at radius 1 is 1.17 bits per heavy atom. The average molecular weight is 194 g/mol. The maximum Gasteiger partial charge on any atom is 0.157 e. The Labute approximate surface area is 74.7 Å². The number of hydrogen-bond donors (Lipinski definition) is 1. The second kappa shape index (κ2) is 4.23. The monoisotopic (exact) mass is 194 g/mol. The second-order valence-electron chi connectivity index (χ2n) is 2.95. The highest BCUT2D eigenvalue weighted by Gasteiger charge is 2.38. The van der Waals surface area contributed by atoms with Crippen molar-refractivity contribution in [2.75, 3.05) is 12.4 Å². The summed E-state index contributed by atoms with van der Waals surface area (Å²) in [6.45, 7) is 4.95. The molecular formula is C8H18O3S. The highest BCUT2D eigenvalue weighted by atomic mass is 32.2. The summed E-state index contributed by atoms with van der Waals surface area (Å²) in [5, 5.41) is 9.06. The summed E-state index contributed by atoms with van der Waals surface area (Å²) in [5.41, 5.74) is 0. The maximum absolute atomic E-state index is 11.6. The molecule has 0 radical (unpaired) electrons. The molecule has 1 N–H and O–H groups in total. The molecule has 0 saturated heterocycles. The normalized spacial score (nSPS) is 13.3. The van der Waals surface area contributed by atoms with Gasteiger partial charge in [-0.15, -0.1) is 0 Å². The molecule has 0 aromatic rings. The standard InChI is InChI=1S/C8H18O3S/c1-4-8(5-2,7-9)12(10,11)6-3/h9H,4-7H2,1-3H3. The molecule has 4 heteroatoms. The van der Waals surface area contributed by atoms with Gasteiger partial charge in [-0.3, -0.25) is 0 Å². The van der Waals surface area contributed by atoms with Gasteiger partial charge in [0.15, 0.2) is 9.84 Å². The number of aliphatic hydroxyl groups is 1. The molecule has 12 heavy (non-hydrogen) atoms. The minimum absolute atomic E-state index is 0.106. The Hall–Kier alpha value is -0.0900. The van der Waals surface area contributed by atoms with E-state index in [9.17, 15) is 8.42 Å². The topological polar surface area (TPSA) is 54.4 Å². The summed E-state index contributed by atoms with van der Waals surface area (Å²) in [6, 6.07) is 0. The van der Waals surface area contributed by atoms with Crippen LogP contribution in [0.5, 0.6) is 0 Å². The summed E-state index contributed by atoms with van der Waals surface area (Å²) in [7, 11) is -3.12. The largest absolute Gasteiger partial charge is 0.395 e. The van der Waals surface area contributed by atoms with E-state index in [2.05, 4.69) is 0 Å². The first-order chi connectivity index (χ1) is 5.49. The Morgan fingerprint density at radius 3 is 1.67 bits per heavy atom. The predicted molar refractivity (Wildman–Crippen MR) is 49.9 cm³/mol. The first-order valence-corrected chi connectivity index (χ1v) is 5.98. The Balaban J connectivity index is 4.97. The SMILES string of the molecule is CCC(CC)(CO)S(=O)(=O)CC. The molecule has 0 atom stereocenters. The zero-order valence-electron chi connectivity index (χ0n) is 8.00. The summed E-state index contributed by atoms with van der Waals surface area (Å²) < 4.78 is 22.2. The first kappa shape index (κ1) is 11.9. The van der Waals surface area contributed by atoms with Gasteiger partial charge in [-0.05, 0) is 12.8 Å². The molecule has 0 aliphatic heterocycles. The third-order valence-electron chi connectivity index (χ3n) is 2.62. The van der Waals surface area contributed by atoms with Gasteiger partial charge in [0.25, 0.3) is 0 Å². The summed E-state index contributed by atoms with van der Waals surface area (Å²) in [5.74, 6) is 0.106. The van der Waals surface area contributed by atoms with Crippen molar-refractivity contribution in [2.45, 2.75) is 38.4 Å². The van der Waals surface area contributed by atoms with Crippen LogP contribution in [0.4, 0.5) is 0 Å². The van der Waals surface area contributed by atoms with Crippen LogP contribution in [0.15, 0.2) is 0 Å². The van der Waals surface area contributed by atoms with Gasteiger partial charge in [0.2, 0.25) is 0 Å². The van der Waals surface area contributed by atoms with E-state index in [1.807, 2.05) is 0 Å². The van der Waals surface area contributed by atoms with Crippen LogP contribution in [0.3, 0.4) is 0 Å². The fourth-order valence-electron chi connectivity index (χ4n) is 1.32. The van der Waals surface area contributed by atoms with Crippen LogP contribution in [-0.2, 0) is 9.84 Å².